The number of rotatable bonds is 2. The second-order valence-electron chi connectivity index (χ2n) is 7.02. The van der Waals surface area contributed by atoms with E-state index in [1.165, 1.54) is 32.1 Å². The molecule has 20 heavy (non-hydrogen) atoms. The number of amides is 1. The molecule has 0 aromatic rings. The Kier molecular flexibility index (Phi) is 4.28. The van der Waals surface area contributed by atoms with E-state index in [2.05, 4.69) is 17.3 Å². The summed E-state index contributed by atoms with van der Waals surface area (Å²) in [6.45, 7) is 0. The van der Waals surface area contributed by atoms with Crippen molar-refractivity contribution in [2.24, 2.45) is 17.8 Å². The first-order chi connectivity index (χ1) is 9.61. The van der Waals surface area contributed by atoms with Crippen LogP contribution in [0.2, 0.25) is 0 Å². The fraction of sp³-hybridized carbons (Fsp3) is 0.938. The molecule has 1 aliphatic carbocycles. The average Bonchev–Trinajstić information content (AvgIpc) is 2.70. The lowest BCUT2D eigenvalue weighted by Crippen LogP contribution is -2.54. The summed E-state index contributed by atoms with van der Waals surface area (Å²) in [6, 6.07) is 1.17. The van der Waals surface area contributed by atoms with Crippen LogP contribution in [-0.2, 0) is 4.79 Å². The summed E-state index contributed by atoms with van der Waals surface area (Å²) in [6.07, 6.45) is 8.38. The van der Waals surface area contributed by atoms with Crippen LogP contribution in [0.15, 0.2) is 0 Å². The molecule has 0 aromatic heterocycles. The van der Waals surface area contributed by atoms with E-state index in [0.29, 0.717) is 29.3 Å². The zero-order valence-electron chi connectivity index (χ0n) is 12.6. The molecule has 0 spiro atoms. The highest BCUT2D eigenvalue weighted by Gasteiger charge is 2.50. The number of halogens is 1. The standard InChI is InChI=1S/C16H27ClN2O/c1-18-16(20)15-13(10-3-5-11(17)6-4-10)9-12-7-8-14(15)19(12)2/h10-15H,3-9H2,1-2H3,(H,18,20)/t10?,11?,12-,13-,14?,15?/m1/s1. The summed E-state index contributed by atoms with van der Waals surface area (Å²) >= 11 is 6.25. The monoisotopic (exact) mass is 298 g/mol. The van der Waals surface area contributed by atoms with E-state index in [4.69, 9.17) is 11.6 Å². The Morgan fingerprint density at radius 3 is 2.50 bits per heavy atom. The van der Waals surface area contributed by atoms with Gasteiger partial charge in [0, 0.05) is 24.5 Å². The fourth-order valence-electron chi connectivity index (χ4n) is 5.03. The van der Waals surface area contributed by atoms with E-state index in [9.17, 15) is 4.79 Å². The number of hydrogen-bond acceptors (Lipinski definition) is 2. The molecule has 0 aromatic carbocycles. The van der Waals surface area contributed by atoms with Crippen LogP contribution in [-0.4, -0.2) is 42.4 Å². The summed E-state index contributed by atoms with van der Waals surface area (Å²) in [4.78, 5) is 14.9. The van der Waals surface area contributed by atoms with Crippen molar-refractivity contribution < 1.29 is 4.79 Å². The van der Waals surface area contributed by atoms with Gasteiger partial charge in [-0.15, -0.1) is 11.6 Å². The van der Waals surface area contributed by atoms with Crippen molar-refractivity contribution in [3.8, 4) is 0 Å². The van der Waals surface area contributed by atoms with E-state index >= 15 is 0 Å². The molecule has 3 rings (SSSR count). The third-order valence-corrected chi connectivity index (χ3v) is 6.61. The van der Waals surface area contributed by atoms with Crippen molar-refractivity contribution in [2.75, 3.05) is 14.1 Å². The van der Waals surface area contributed by atoms with Crippen molar-refractivity contribution >= 4 is 17.5 Å². The van der Waals surface area contributed by atoms with Gasteiger partial charge in [-0.2, -0.15) is 0 Å². The Balaban J connectivity index is 1.79. The lowest BCUT2D eigenvalue weighted by atomic mass is 9.68. The Bertz CT molecular complexity index is 367. The Morgan fingerprint density at radius 1 is 1.15 bits per heavy atom. The lowest BCUT2D eigenvalue weighted by molar-refractivity contribution is -0.132. The normalized spacial score (nSPS) is 45.4. The van der Waals surface area contributed by atoms with Crippen LogP contribution in [0.25, 0.3) is 0 Å². The summed E-state index contributed by atoms with van der Waals surface area (Å²) in [5.41, 5.74) is 0. The molecule has 3 fully saturated rings. The predicted octanol–water partition coefficient (Wildman–Crippen LogP) is 2.63. The molecule has 2 saturated heterocycles. The van der Waals surface area contributed by atoms with Gasteiger partial charge in [-0.3, -0.25) is 9.69 Å². The Hall–Kier alpha value is -0.280. The molecule has 4 heteroatoms. The molecule has 2 unspecified atom stereocenters. The smallest absolute Gasteiger partial charge is 0.224 e. The first-order valence-corrected chi connectivity index (χ1v) is 8.63. The molecule has 1 N–H and O–H groups in total. The van der Waals surface area contributed by atoms with Gasteiger partial charge in [0.1, 0.15) is 0 Å². The molecular formula is C16H27ClN2O. The topological polar surface area (TPSA) is 32.3 Å². The fourth-order valence-corrected chi connectivity index (χ4v) is 5.28. The van der Waals surface area contributed by atoms with Crippen LogP contribution in [0.3, 0.4) is 0 Å². The number of fused-ring (bicyclic) bond motifs is 2. The van der Waals surface area contributed by atoms with E-state index in [1.807, 2.05) is 0 Å². The summed E-state index contributed by atoms with van der Waals surface area (Å²) in [5, 5.41) is 3.29. The second-order valence-corrected chi connectivity index (χ2v) is 7.63. The average molecular weight is 299 g/mol. The minimum Gasteiger partial charge on any atom is -0.359 e. The number of carbonyl (C=O) groups is 1. The van der Waals surface area contributed by atoms with Crippen molar-refractivity contribution in [3.05, 3.63) is 0 Å². The molecule has 2 aliphatic heterocycles. The number of nitrogens with one attached hydrogen (secondary N) is 1. The lowest BCUT2D eigenvalue weighted by Gasteiger charge is -2.46. The predicted molar refractivity (Wildman–Crippen MR) is 81.8 cm³/mol. The van der Waals surface area contributed by atoms with Crippen LogP contribution in [0.1, 0.15) is 44.9 Å². The molecule has 2 heterocycles. The molecule has 1 saturated carbocycles. The highest BCUT2D eigenvalue weighted by Crippen LogP contribution is 2.48. The van der Waals surface area contributed by atoms with Gasteiger partial charge in [-0.05, 0) is 63.8 Å². The largest absolute Gasteiger partial charge is 0.359 e. The minimum atomic E-state index is 0.195. The third kappa shape index (κ3) is 2.48. The molecular weight excluding hydrogens is 272 g/mol. The molecule has 2 bridgehead atoms. The SMILES string of the molecule is CNC(=O)C1C2CC[C@H](C[C@@H]1C1CCC(Cl)CC1)N2C. The van der Waals surface area contributed by atoms with E-state index in [1.54, 1.807) is 7.05 Å². The number of alkyl halides is 1. The van der Waals surface area contributed by atoms with Crippen LogP contribution in [0.5, 0.6) is 0 Å². The van der Waals surface area contributed by atoms with Gasteiger partial charge in [0.2, 0.25) is 5.91 Å². The zero-order valence-corrected chi connectivity index (χ0v) is 13.4. The Labute approximate surface area is 127 Å². The summed E-state index contributed by atoms with van der Waals surface area (Å²) < 4.78 is 0. The van der Waals surface area contributed by atoms with Crippen molar-refractivity contribution in [1.82, 2.24) is 10.2 Å². The van der Waals surface area contributed by atoms with Gasteiger partial charge < -0.3 is 5.32 Å². The second kappa shape index (κ2) is 5.84. The van der Waals surface area contributed by atoms with Crippen LogP contribution < -0.4 is 5.32 Å². The van der Waals surface area contributed by atoms with Crippen LogP contribution >= 0.6 is 11.6 Å². The maximum Gasteiger partial charge on any atom is 0.224 e. The first kappa shape index (κ1) is 14.6. The van der Waals surface area contributed by atoms with Crippen molar-refractivity contribution in [3.63, 3.8) is 0 Å². The van der Waals surface area contributed by atoms with Gasteiger partial charge in [0.25, 0.3) is 0 Å². The molecule has 1 amide bonds. The maximum atomic E-state index is 12.5. The quantitative estimate of drug-likeness (QED) is 0.795. The van der Waals surface area contributed by atoms with E-state index in [-0.39, 0.29) is 11.8 Å². The number of carbonyl (C=O) groups excluding carboxylic acids is 1. The Morgan fingerprint density at radius 2 is 1.85 bits per heavy atom. The highest BCUT2D eigenvalue weighted by atomic mass is 35.5. The van der Waals surface area contributed by atoms with Gasteiger partial charge >= 0.3 is 0 Å². The number of piperidine rings is 1. The summed E-state index contributed by atoms with van der Waals surface area (Å²) in [5.74, 6) is 1.75. The van der Waals surface area contributed by atoms with Gasteiger partial charge in [-0.1, -0.05) is 0 Å². The van der Waals surface area contributed by atoms with Crippen LogP contribution in [0.4, 0.5) is 0 Å². The zero-order chi connectivity index (χ0) is 14.3. The molecule has 3 nitrogen and oxygen atoms in total. The van der Waals surface area contributed by atoms with Gasteiger partial charge in [-0.25, -0.2) is 0 Å². The third-order valence-electron chi connectivity index (χ3n) is 6.17. The van der Waals surface area contributed by atoms with Gasteiger partial charge in [0.15, 0.2) is 0 Å². The van der Waals surface area contributed by atoms with Crippen molar-refractivity contribution in [1.29, 1.82) is 0 Å². The number of hydrogen-bond donors (Lipinski definition) is 1. The van der Waals surface area contributed by atoms with E-state index in [0.717, 1.165) is 12.8 Å². The summed E-state index contributed by atoms with van der Waals surface area (Å²) in [7, 11) is 4.00. The molecule has 114 valence electrons. The minimum absolute atomic E-state index is 0.195. The van der Waals surface area contributed by atoms with Crippen LogP contribution in [0, 0.1) is 17.8 Å². The number of nitrogens with zero attached hydrogens (tertiary/aromatic N) is 1. The first-order valence-electron chi connectivity index (χ1n) is 8.19. The molecule has 0 radical (unpaired) electrons. The van der Waals surface area contributed by atoms with E-state index < -0.39 is 0 Å². The highest BCUT2D eigenvalue weighted by molar-refractivity contribution is 6.20. The molecule has 3 aliphatic rings. The maximum absolute atomic E-state index is 12.5. The molecule has 4 atom stereocenters. The van der Waals surface area contributed by atoms with Crippen molar-refractivity contribution in [2.45, 2.75) is 62.4 Å². The van der Waals surface area contributed by atoms with Gasteiger partial charge in [0.05, 0.1) is 5.92 Å².